The molecule has 0 atom stereocenters. The molecule has 1 aliphatic rings. The first-order valence-corrected chi connectivity index (χ1v) is 6.83. The van der Waals surface area contributed by atoms with Crippen LogP contribution in [-0.4, -0.2) is 25.3 Å². The van der Waals surface area contributed by atoms with Crippen molar-refractivity contribution < 1.29 is 4.74 Å². The fraction of sp³-hybridized carbons (Fsp3) is 0.600. The maximum absolute atomic E-state index is 5.66. The second kappa shape index (κ2) is 6.32. The van der Waals surface area contributed by atoms with Gasteiger partial charge in [-0.15, -0.1) is 0 Å². The molecular weight excluding hydrogens is 224 g/mol. The summed E-state index contributed by atoms with van der Waals surface area (Å²) in [5, 5.41) is 3.69. The van der Waals surface area contributed by atoms with Crippen molar-refractivity contribution in [1.29, 1.82) is 0 Å². The third-order valence-corrected chi connectivity index (χ3v) is 3.83. The molecule has 0 spiro atoms. The minimum atomic E-state index is 0.216. The Morgan fingerprint density at radius 1 is 1.22 bits per heavy atom. The zero-order chi connectivity index (χ0) is 12.8. The molecule has 18 heavy (non-hydrogen) atoms. The van der Waals surface area contributed by atoms with Crippen molar-refractivity contribution in [3.8, 4) is 0 Å². The standard InChI is InChI=1S/C15H24N2O/c1-15(7-10-18-11-8-15)17-12-14-5-3-2-4-13(14)6-9-16/h2-5,17H,6-12,16H2,1H3. The van der Waals surface area contributed by atoms with E-state index in [4.69, 9.17) is 10.5 Å². The van der Waals surface area contributed by atoms with Gasteiger partial charge in [-0.2, -0.15) is 0 Å². The monoisotopic (exact) mass is 248 g/mol. The van der Waals surface area contributed by atoms with Gasteiger partial charge < -0.3 is 15.8 Å². The summed E-state index contributed by atoms with van der Waals surface area (Å²) in [7, 11) is 0. The molecule has 3 nitrogen and oxygen atoms in total. The van der Waals surface area contributed by atoms with E-state index in [9.17, 15) is 0 Å². The van der Waals surface area contributed by atoms with Crippen molar-refractivity contribution >= 4 is 0 Å². The summed E-state index contributed by atoms with van der Waals surface area (Å²) in [6.45, 7) is 5.66. The van der Waals surface area contributed by atoms with E-state index in [1.807, 2.05) is 0 Å². The molecular formula is C15H24N2O. The van der Waals surface area contributed by atoms with E-state index >= 15 is 0 Å². The second-order valence-electron chi connectivity index (χ2n) is 5.33. The minimum absolute atomic E-state index is 0.216. The fourth-order valence-electron chi connectivity index (χ4n) is 2.44. The molecule has 1 fully saturated rings. The van der Waals surface area contributed by atoms with Gasteiger partial charge in [-0.25, -0.2) is 0 Å². The minimum Gasteiger partial charge on any atom is -0.381 e. The van der Waals surface area contributed by atoms with E-state index in [1.54, 1.807) is 0 Å². The molecule has 0 aliphatic carbocycles. The summed E-state index contributed by atoms with van der Waals surface area (Å²) in [5.74, 6) is 0. The van der Waals surface area contributed by atoms with E-state index in [2.05, 4.69) is 36.5 Å². The van der Waals surface area contributed by atoms with Gasteiger partial charge in [-0.3, -0.25) is 0 Å². The molecule has 100 valence electrons. The molecule has 0 saturated carbocycles. The molecule has 1 saturated heterocycles. The molecule has 0 amide bonds. The smallest absolute Gasteiger partial charge is 0.0483 e. The van der Waals surface area contributed by atoms with Gasteiger partial charge in [0.2, 0.25) is 0 Å². The number of benzene rings is 1. The maximum atomic E-state index is 5.66. The van der Waals surface area contributed by atoms with E-state index in [0.717, 1.165) is 39.0 Å². The van der Waals surface area contributed by atoms with Crippen LogP contribution in [0.15, 0.2) is 24.3 Å². The van der Waals surface area contributed by atoms with Crippen LogP contribution in [0.2, 0.25) is 0 Å². The Balaban J connectivity index is 1.96. The highest BCUT2D eigenvalue weighted by Gasteiger charge is 2.26. The maximum Gasteiger partial charge on any atom is 0.0483 e. The third-order valence-electron chi connectivity index (χ3n) is 3.83. The zero-order valence-corrected chi connectivity index (χ0v) is 11.2. The van der Waals surface area contributed by atoms with Crippen molar-refractivity contribution in [2.45, 2.75) is 38.3 Å². The van der Waals surface area contributed by atoms with Crippen molar-refractivity contribution in [2.24, 2.45) is 5.73 Å². The van der Waals surface area contributed by atoms with Crippen molar-refractivity contribution in [1.82, 2.24) is 5.32 Å². The first-order chi connectivity index (χ1) is 8.73. The Hall–Kier alpha value is -0.900. The van der Waals surface area contributed by atoms with Crippen LogP contribution >= 0.6 is 0 Å². The summed E-state index contributed by atoms with van der Waals surface area (Å²) >= 11 is 0. The molecule has 1 aliphatic heterocycles. The first kappa shape index (κ1) is 13.5. The van der Waals surface area contributed by atoms with Gasteiger partial charge in [0.05, 0.1) is 0 Å². The van der Waals surface area contributed by atoms with Gasteiger partial charge in [0.15, 0.2) is 0 Å². The highest BCUT2D eigenvalue weighted by atomic mass is 16.5. The van der Waals surface area contributed by atoms with Crippen LogP contribution in [0.3, 0.4) is 0 Å². The molecule has 3 heteroatoms. The summed E-state index contributed by atoms with van der Waals surface area (Å²) in [4.78, 5) is 0. The highest BCUT2D eigenvalue weighted by molar-refractivity contribution is 5.27. The number of nitrogens with two attached hydrogens (primary N) is 1. The molecule has 0 aromatic heterocycles. The Morgan fingerprint density at radius 3 is 2.56 bits per heavy atom. The van der Waals surface area contributed by atoms with Gasteiger partial charge in [0.25, 0.3) is 0 Å². The lowest BCUT2D eigenvalue weighted by Crippen LogP contribution is -2.46. The number of hydrogen-bond donors (Lipinski definition) is 2. The fourth-order valence-corrected chi connectivity index (χ4v) is 2.44. The molecule has 1 aromatic carbocycles. The van der Waals surface area contributed by atoms with Crippen LogP contribution in [0.4, 0.5) is 0 Å². The lowest BCUT2D eigenvalue weighted by Gasteiger charge is -2.35. The van der Waals surface area contributed by atoms with E-state index in [-0.39, 0.29) is 5.54 Å². The SMILES string of the molecule is CC1(NCc2ccccc2CCN)CCOCC1. The predicted octanol–water partition coefficient (Wildman–Crippen LogP) is 1.85. The normalized spacial score (nSPS) is 18.8. The third kappa shape index (κ3) is 3.55. The number of hydrogen-bond acceptors (Lipinski definition) is 3. The number of ether oxygens (including phenoxy) is 1. The van der Waals surface area contributed by atoms with Crippen LogP contribution in [0.25, 0.3) is 0 Å². The summed E-state index contributed by atoms with van der Waals surface area (Å²) in [6, 6.07) is 8.56. The molecule has 1 aromatic rings. The molecule has 0 bridgehead atoms. The lowest BCUT2D eigenvalue weighted by atomic mass is 9.92. The summed E-state index contributed by atoms with van der Waals surface area (Å²) in [5.41, 5.74) is 8.61. The largest absolute Gasteiger partial charge is 0.381 e. The Kier molecular flexibility index (Phi) is 4.75. The number of rotatable bonds is 5. The average molecular weight is 248 g/mol. The van der Waals surface area contributed by atoms with Crippen LogP contribution in [0.5, 0.6) is 0 Å². The topological polar surface area (TPSA) is 47.3 Å². The Labute approximate surface area is 110 Å². The van der Waals surface area contributed by atoms with Gasteiger partial charge in [-0.05, 0) is 43.9 Å². The van der Waals surface area contributed by atoms with Gasteiger partial charge in [-0.1, -0.05) is 24.3 Å². The molecule has 1 heterocycles. The van der Waals surface area contributed by atoms with E-state index in [1.165, 1.54) is 11.1 Å². The van der Waals surface area contributed by atoms with Gasteiger partial charge >= 0.3 is 0 Å². The molecule has 2 rings (SSSR count). The lowest BCUT2D eigenvalue weighted by molar-refractivity contribution is 0.0446. The van der Waals surface area contributed by atoms with Crippen molar-refractivity contribution in [2.75, 3.05) is 19.8 Å². The first-order valence-electron chi connectivity index (χ1n) is 6.83. The second-order valence-corrected chi connectivity index (χ2v) is 5.33. The van der Waals surface area contributed by atoms with Gasteiger partial charge in [0.1, 0.15) is 0 Å². The highest BCUT2D eigenvalue weighted by Crippen LogP contribution is 2.21. The number of nitrogens with one attached hydrogen (secondary N) is 1. The zero-order valence-electron chi connectivity index (χ0n) is 11.2. The summed E-state index contributed by atoms with van der Waals surface area (Å²) in [6.07, 6.45) is 3.13. The Morgan fingerprint density at radius 2 is 1.89 bits per heavy atom. The van der Waals surface area contributed by atoms with Crippen LogP contribution in [0.1, 0.15) is 30.9 Å². The van der Waals surface area contributed by atoms with Crippen LogP contribution in [-0.2, 0) is 17.7 Å². The Bertz CT molecular complexity index is 373. The molecule has 0 unspecified atom stereocenters. The van der Waals surface area contributed by atoms with Crippen LogP contribution < -0.4 is 11.1 Å². The summed E-state index contributed by atoms with van der Waals surface area (Å²) < 4.78 is 5.42. The average Bonchev–Trinajstić information content (AvgIpc) is 2.39. The molecule has 3 N–H and O–H groups in total. The van der Waals surface area contributed by atoms with Gasteiger partial charge in [0, 0.05) is 25.3 Å². The quantitative estimate of drug-likeness (QED) is 0.836. The van der Waals surface area contributed by atoms with E-state index in [0.29, 0.717) is 6.54 Å². The van der Waals surface area contributed by atoms with E-state index < -0.39 is 0 Å². The van der Waals surface area contributed by atoms with Crippen molar-refractivity contribution in [3.63, 3.8) is 0 Å². The van der Waals surface area contributed by atoms with Crippen molar-refractivity contribution in [3.05, 3.63) is 35.4 Å². The van der Waals surface area contributed by atoms with Crippen LogP contribution in [0, 0.1) is 0 Å². The molecule has 0 radical (unpaired) electrons. The predicted molar refractivity (Wildman–Crippen MR) is 74.5 cm³/mol.